The normalized spacial score (nSPS) is 17.2. The molecule has 1 aliphatic rings. The van der Waals surface area contributed by atoms with E-state index in [1.54, 1.807) is 35.2 Å². The van der Waals surface area contributed by atoms with Crippen molar-refractivity contribution in [1.29, 1.82) is 0 Å². The largest absolute Gasteiger partial charge is 0.352 e. The predicted molar refractivity (Wildman–Crippen MR) is 84.4 cm³/mol. The lowest BCUT2D eigenvalue weighted by atomic mass is 10.1. The van der Waals surface area contributed by atoms with Crippen LogP contribution in [0.2, 0.25) is 0 Å². The number of nitrogens with one attached hydrogen (secondary N) is 2. The van der Waals surface area contributed by atoms with E-state index in [1.165, 1.54) is 6.92 Å². The molecule has 2 N–H and O–H groups in total. The zero-order chi connectivity index (χ0) is 16.1. The molecule has 1 fully saturated rings. The maximum absolute atomic E-state index is 12.1. The molecule has 1 aliphatic heterocycles. The molecule has 1 saturated heterocycles. The van der Waals surface area contributed by atoms with E-state index < -0.39 is 0 Å². The fraction of sp³-hybridized carbons (Fsp3) is 0.312. The van der Waals surface area contributed by atoms with Crippen molar-refractivity contribution in [2.45, 2.75) is 13.3 Å². The predicted octanol–water partition coefficient (Wildman–Crippen LogP) is 1.30. The van der Waals surface area contributed by atoms with Crippen LogP contribution in [0.3, 0.4) is 0 Å². The Labute approximate surface area is 129 Å². The van der Waals surface area contributed by atoms with E-state index >= 15 is 0 Å². The molecule has 1 heterocycles. The molecule has 0 spiro atoms. The Morgan fingerprint density at radius 2 is 2.23 bits per heavy atom. The molecule has 0 radical (unpaired) electrons. The van der Waals surface area contributed by atoms with Gasteiger partial charge in [0.15, 0.2) is 0 Å². The van der Waals surface area contributed by atoms with Crippen molar-refractivity contribution in [3.05, 3.63) is 36.9 Å². The van der Waals surface area contributed by atoms with E-state index in [9.17, 15) is 14.4 Å². The lowest BCUT2D eigenvalue weighted by molar-refractivity contribution is -0.126. The van der Waals surface area contributed by atoms with Crippen LogP contribution in [-0.2, 0) is 14.4 Å². The summed E-state index contributed by atoms with van der Waals surface area (Å²) in [6.45, 7) is 5.70. The third-order valence-electron chi connectivity index (χ3n) is 3.39. The minimum absolute atomic E-state index is 0.0984. The van der Waals surface area contributed by atoms with Crippen molar-refractivity contribution in [3.63, 3.8) is 0 Å². The standard InChI is InChI=1S/C16H19N3O3/c1-3-7-17-16(22)12-8-15(21)19(10-12)14-6-4-5-13(9-14)18-11(2)20/h3-6,9,12H,1,7-8,10H2,2H3,(H,17,22)(H,18,20). The van der Waals surface area contributed by atoms with Crippen LogP contribution >= 0.6 is 0 Å². The third-order valence-corrected chi connectivity index (χ3v) is 3.39. The lowest BCUT2D eigenvalue weighted by Crippen LogP contribution is -2.33. The van der Waals surface area contributed by atoms with Gasteiger partial charge in [0, 0.05) is 37.8 Å². The van der Waals surface area contributed by atoms with Crippen LogP contribution < -0.4 is 15.5 Å². The summed E-state index contributed by atoms with van der Waals surface area (Å²) in [5.74, 6) is -0.782. The topological polar surface area (TPSA) is 78.5 Å². The molecule has 116 valence electrons. The molecule has 0 bridgehead atoms. The fourth-order valence-corrected chi connectivity index (χ4v) is 2.40. The summed E-state index contributed by atoms with van der Waals surface area (Å²) in [5, 5.41) is 5.39. The number of anilines is 2. The second kappa shape index (κ2) is 6.89. The van der Waals surface area contributed by atoms with Crippen LogP contribution in [0, 0.1) is 5.92 Å². The summed E-state index contributed by atoms with van der Waals surface area (Å²) in [6, 6.07) is 7.02. The number of nitrogens with zero attached hydrogens (tertiary/aromatic N) is 1. The first-order valence-electron chi connectivity index (χ1n) is 7.08. The quantitative estimate of drug-likeness (QED) is 0.805. The molecule has 1 unspecified atom stereocenters. The van der Waals surface area contributed by atoms with Crippen LogP contribution in [0.4, 0.5) is 11.4 Å². The van der Waals surface area contributed by atoms with E-state index in [0.717, 1.165) is 0 Å². The van der Waals surface area contributed by atoms with Gasteiger partial charge in [-0.2, -0.15) is 0 Å². The Bertz CT molecular complexity index is 612. The monoisotopic (exact) mass is 301 g/mol. The maximum atomic E-state index is 12.1. The Kier molecular flexibility index (Phi) is 4.93. The van der Waals surface area contributed by atoms with Crippen LogP contribution in [0.15, 0.2) is 36.9 Å². The van der Waals surface area contributed by atoms with Gasteiger partial charge in [-0.25, -0.2) is 0 Å². The molecule has 2 rings (SSSR count). The highest BCUT2D eigenvalue weighted by Crippen LogP contribution is 2.27. The van der Waals surface area contributed by atoms with Crippen molar-refractivity contribution in [2.24, 2.45) is 5.92 Å². The molecular formula is C16H19N3O3. The molecule has 3 amide bonds. The molecule has 0 aliphatic carbocycles. The van der Waals surface area contributed by atoms with Gasteiger partial charge in [0.2, 0.25) is 17.7 Å². The van der Waals surface area contributed by atoms with Crippen LogP contribution in [-0.4, -0.2) is 30.8 Å². The molecule has 1 aromatic rings. The Morgan fingerprint density at radius 3 is 2.91 bits per heavy atom. The number of benzene rings is 1. The molecule has 1 aromatic carbocycles. The number of amides is 3. The first kappa shape index (κ1) is 15.8. The average molecular weight is 301 g/mol. The van der Waals surface area contributed by atoms with Gasteiger partial charge in [-0.05, 0) is 18.2 Å². The summed E-state index contributed by atoms with van der Waals surface area (Å²) in [4.78, 5) is 36.8. The summed E-state index contributed by atoms with van der Waals surface area (Å²) >= 11 is 0. The van der Waals surface area contributed by atoms with E-state index in [4.69, 9.17) is 0 Å². The minimum atomic E-state index is -0.364. The van der Waals surface area contributed by atoms with Gasteiger partial charge in [-0.3, -0.25) is 14.4 Å². The summed E-state index contributed by atoms with van der Waals surface area (Å²) in [5.41, 5.74) is 1.30. The first-order chi connectivity index (χ1) is 10.5. The van der Waals surface area contributed by atoms with E-state index in [2.05, 4.69) is 17.2 Å². The van der Waals surface area contributed by atoms with E-state index in [0.29, 0.717) is 24.5 Å². The summed E-state index contributed by atoms with van der Waals surface area (Å²) in [7, 11) is 0. The van der Waals surface area contributed by atoms with Gasteiger partial charge in [0.05, 0.1) is 5.92 Å². The fourth-order valence-electron chi connectivity index (χ4n) is 2.40. The molecule has 6 nitrogen and oxygen atoms in total. The van der Waals surface area contributed by atoms with Crippen LogP contribution in [0.1, 0.15) is 13.3 Å². The third kappa shape index (κ3) is 3.72. The second-order valence-corrected chi connectivity index (χ2v) is 5.17. The highest BCUT2D eigenvalue weighted by Gasteiger charge is 2.34. The van der Waals surface area contributed by atoms with Crippen LogP contribution in [0.25, 0.3) is 0 Å². The van der Waals surface area contributed by atoms with E-state index in [1.807, 2.05) is 0 Å². The highest BCUT2D eigenvalue weighted by atomic mass is 16.2. The minimum Gasteiger partial charge on any atom is -0.352 e. The molecular weight excluding hydrogens is 282 g/mol. The summed E-state index contributed by atoms with van der Waals surface area (Å²) < 4.78 is 0. The van der Waals surface area contributed by atoms with Gasteiger partial charge in [0.25, 0.3) is 0 Å². The van der Waals surface area contributed by atoms with Gasteiger partial charge < -0.3 is 15.5 Å². The Hall–Kier alpha value is -2.63. The van der Waals surface area contributed by atoms with Crippen molar-refractivity contribution in [3.8, 4) is 0 Å². The van der Waals surface area contributed by atoms with E-state index in [-0.39, 0.29) is 30.1 Å². The number of hydrogen-bond donors (Lipinski definition) is 2. The van der Waals surface area contributed by atoms with Gasteiger partial charge >= 0.3 is 0 Å². The van der Waals surface area contributed by atoms with Gasteiger partial charge in [-0.1, -0.05) is 12.1 Å². The first-order valence-corrected chi connectivity index (χ1v) is 7.08. The zero-order valence-corrected chi connectivity index (χ0v) is 12.5. The van der Waals surface area contributed by atoms with Crippen molar-refractivity contribution in [2.75, 3.05) is 23.3 Å². The zero-order valence-electron chi connectivity index (χ0n) is 12.5. The van der Waals surface area contributed by atoms with Crippen molar-refractivity contribution >= 4 is 29.1 Å². The van der Waals surface area contributed by atoms with Crippen molar-refractivity contribution < 1.29 is 14.4 Å². The number of hydrogen-bond acceptors (Lipinski definition) is 3. The Balaban J connectivity index is 2.09. The molecule has 1 atom stereocenters. The molecule has 22 heavy (non-hydrogen) atoms. The second-order valence-electron chi connectivity index (χ2n) is 5.17. The van der Waals surface area contributed by atoms with Crippen LogP contribution in [0.5, 0.6) is 0 Å². The average Bonchev–Trinajstić information content (AvgIpc) is 2.86. The van der Waals surface area contributed by atoms with Gasteiger partial charge in [-0.15, -0.1) is 6.58 Å². The number of carbonyl (C=O) groups is 3. The number of carbonyl (C=O) groups excluding carboxylic acids is 3. The molecule has 0 aromatic heterocycles. The van der Waals surface area contributed by atoms with Gasteiger partial charge in [0.1, 0.15) is 0 Å². The highest BCUT2D eigenvalue weighted by molar-refractivity contribution is 6.01. The smallest absolute Gasteiger partial charge is 0.227 e. The lowest BCUT2D eigenvalue weighted by Gasteiger charge is -2.17. The number of rotatable bonds is 5. The van der Waals surface area contributed by atoms with Crippen molar-refractivity contribution in [1.82, 2.24) is 5.32 Å². The summed E-state index contributed by atoms with van der Waals surface area (Å²) in [6.07, 6.45) is 1.79. The Morgan fingerprint density at radius 1 is 1.45 bits per heavy atom. The SMILES string of the molecule is C=CCNC(=O)C1CC(=O)N(c2cccc(NC(C)=O)c2)C1. The molecule has 0 saturated carbocycles. The maximum Gasteiger partial charge on any atom is 0.227 e. The molecule has 6 heteroatoms.